The highest BCUT2D eigenvalue weighted by Gasteiger charge is 2.34. The van der Waals surface area contributed by atoms with Crippen LogP contribution in [0.3, 0.4) is 0 Å². The Morgan fingerprint density at radius 2 is 1.12 bits per heavy atom. The van der Waals surface area contributed by atoms with Crippen LogP contribution in [-0.4, -0.2) is 18.1 Å². The Labute approximate surface area is 156 Å². The Balaban J connectivity index is 2.32. The number of benzene rings is 3. The average Bonchev–Trinajstić information content (AvgIpc) is 2.73. The van der Waals surface area contributed by atoms with Gasteiger partial charge in [0.25, 0.3) is 0 Å². The topological polar surface area (TPSA) is 51.2 Å². The predicted molar refractivity (Wildman–Crippen MR) is 108 cm³/mol. The lowest BCUT2D eigenvalue weighted by Gasteiger charge is -2.23. The summed E-state index contributed by atoms with van der Waals surface area (Å²) in [6, 6.07) is 20.1. The highest BCUT2D eigenvalue weighted by atomic mass is 32.4. The predicted octanol–water partition coefficient (Wildman–Crippen LogP) is 3.58. The van der Waals surface area contributed by atoms with Crippen molar-refractivity contribution in [3.63, 3.8) is 0 Å². The summed E-state index contributed by atoms with van der Waals surface area (Å²) in [5, 5.41) is 1.45. The first-order valence-electron chi connectivity index (χ1n) is 7.92. The van der Waals surface area contributed by atoms with Gasteiger partial charge in [0.05, 0.1) is 6.04 Å². The third-order valence-corrected chi connectivity index (χ3v) is 8.73. The van der Waals surface area contributed by atoms with E-state index < -0.39 is 6.04 Å². The van der Waals surface area contributed by atoms with Crippen LogP contribution in [0.25, 0.3) is 0 Å². The van der Waals surface area contributed by atoms with Gasteiger partial charge in [-0.2, -0.15) is 0 Å². The van der Waals surface area contributed by atoms with Crippen LogP contribution >= 0.6 is 6.04 Å². The molecular formula is C21H15O3PS. The van der Waals surface area contributed by atoms with Crippen LogP contribution in [0, 0.1) is 0 Å². The molecule has 0 radical (unpaired) electrons. The fraction of sp³-hybridized carbons (Fsp3) is 0. The highest BCUT2D eigenvalue weighted by molar-refractivity contribution is 8.30. The summed E-state index contributed by atoms with van der Waals surface area (Å²) >= 11 is 5.98. The summed E-state index contributed by atoms with van der Waals surface area (Å²) < 4.78 is 0. The van der Waals surface area contributed by atoms with Crippen LogP contribution in [-0.2, 0) is 11.8 Å². The minimum Gasteiger partial charge on any atom is -0.298 e. The van der Waals surface area contributed by atoms with Crippen LogP contribution < -0.4 is 10.6 Å². The lowest BCUT2D eigenvalue weighted by atomic mass is 10.0. The van der Waals surface area contributed by atoms with Gasteiger partial charge >= 0.3 is 0 Å². The van der Waals surface area contributed by atoms with Gasteiger partial charge in [-0.1, -0.05) is 90.7 Å². The molecule has 0 aliphatic carbocycles. The van der Waals surface area contributed by atoms with Gasteiger partial charge in [0, 0.05) is 16.7 Å². The van der Waals surface area contributed by atoms with Crippen molar-refractivity contribution in [3.8, 4) is 0 Å². The molecule has 0 bridgehead atoms. The molecule has 3 nitrogen and oxygen atoms in total. The molecule has 0 aromatic heterocycles. The standard InChI is InChI=1S/C21H15O3PS/c22-14-16-8-7-9-17(15-23)20(16)21(24)25(26,18-10-3-1-4-11-18)19-12-5-2-6-13-19/h1-15H. The van der Waals surface area contributed by atoms with Crippen LogP contribution in [0.1, 0.15) is 31.1 Å². The molecule has 3 aromatic rings. The lowest BCUT2D eigenvalue weighted by molar-refractivity contribution is 0.105. The second-order valence-electron chi connectivity index (χ2n) is 5.63. The molecule has 0 saturated heterocycles. The first-order valence-corrected chi connectivity index (χ1v) is 10.7. The van der Waals surface area contributed by atoms with E-state index in [1.54, 1.807) is 6.07 Å². The molecule has 0 unspecified atom stereocenters. The van der Waals surface area contributed by atoms with E-state index in [1.807, 2.05) is 60.7 Å². The zero-order valence-electron chi connectivity index (χ0n) is 13.7. The van der Waals surface area contributed by atoms with E-state index in [1.165, 1.54) is 12.1 Å². The van der Waals surface area contributed by atoms with Crippen LogP contribution in [0.15, 0.2) is 78.9 Å². The van der Waals surface area contributed by atoms with Gasteiger partial charge in [0.1, 0.15) is 0 Å². The van der Waals surface area contributed by atoms with Crippen molar-refractivity contribution < 1.29 is 14.4 Å². The maximum Gasteiger partial charge on any atom is 0.203 e. The largest absolute Gasteiger partial charge is 0.298 e. The summed E-state index contributed by atoms with van der Waals surface area (Å²) in [4.78, 5) is 36.7. The maximum atomic E-state index is 13.7. The van der Waals surface area contributed by atoms with Crippen LogP contribution in [0.2, 0.25) is 0 Å². The molecule has 5 heteroatoms. The molecule has 128 valence electrons. The van der Waals surface area contributed by atoms with Crippen LogP contribution in [0.5, 0.6) is 0 Å². The van der Waals surface area contributed by atoms with Gasteiger partial charge in [-0.25, -0.2) is 0 Å². The molecule has 0 spiro atoms. The Morgan fingerprint density at radius 1 is 0.692 bits per heavy atom. The fourth-order valence-electron chi connectivity index (χ4n) is 2.85. The smallest absolute Gasteiger partial charge is 0.203 e. The summed E-state index contributed by atoms with van der Waals surface area (Å²) in [7, 11) is 0. The molecule has 0 amide bonds. The number of carbonyl (C=O) groups excluding carboxylic acids is 3. The molecule has 0 N–H and O–H groups in total. The summed E-state index contributed by atoms with van der Waals surface area (Å²) in [6.07, 6.45) is 1.19. The van der Waals surface area contributed by atoms with Crippen molar-refractivity contribution in [1.29, 1.82) is 0 Å². The Bertz CT molecular complexity index is 944. The molecule has 0 heterocycles. The summed E-state index contributed by atoms with van der Waals surface area (Å²) in [5.41, 5.74) is 0.115. The monoisotopic (exact) mass is 378 g/mol. The molecular weight excluding hydrogens is 363 g/mol. The van der Waals surface area contributed by atoms with E-state index in [4.69, 9.17) is 11.8 Å². The first-order chi connectivity index (χ1) is 12.6. The van der Waals surface area contributed by atoms with E-state index in [-0.39, 0.29) is 22.2 Å². The maximum absolute atomic E-state index is 13.7. The average molecular weight is 378 g/mol. The second kappa shape index (κ2) is 7.69. The Morgan fingerprint density at radius 3 is 1.50 bits per heavy atom. The van der Waals surface area contributed by atoms with E-state index in [9.17, 15) is 14.4 Å². The molecule has 0 aliphatic rings. The number of aldehydes is 2. The number of hydrogen-bond acceptors (Lipinski definition) is 4. The molecule has 3 aromatic carbocycles. The quantitative estimate of drug-likeness (QED) is 0.486. The Hall–Kier alpha value is -2.68. The normalized spacial score (nSPS) is 10.9. The van der Waals surface area contributed by atoms with E-state index in [2.05, 4.69) is 0 Å². The SMILES string of the molecule is O=Cc1cccc(C=O)c1C(=O)P(=S)(c1ccccc1)c1ccccc1. The lowest BCUT2D eigenvalue weighted by Crippen LogP contribution is -2.24. The first kappa shape index (κ1) is 18.1. The second-order valence-corrected chi connectivity index (χ2v) is 9.93. The van der Waals surface area contributed by atoms with Gasteiger partial charge in [-0.15, -0.1) is 0 Å². The third kappa shape index (κ3) is 3.10. The molecule has 0 saturated carbocycles. The van der Waals surface area contributed by atoms with Gasteiger partial charge in [-0.3, -0.25) is 14.4 Å². The van der Waals surface area contributed by atoms with E-state index in [0.29, 0.717) is 12.6 Å². The Kier molecular flexibility index (Phi) is 5.36. The number of carbonyl (C=O) groups is 3. The fourth-order valence-corrected chi connectivity index (χ4v) is 6.38. The van der Waals surface area contributed by atoms with Crippen molar-refractivity contribution in [2.45, 2.75) is 0 Å². The van der Waals surface area contributed by atoms with Crippen molar-refractivity contribution in [2.24, 2.45) is 0 Å². The third-order valence-electron chi connectivity index (χ3n) is 4.12. The minimum absolute atomic E-state index is 0.105. The number of rotatable bonds is 6. The van der Waals surface area contributed by atoms with Crippen molar-refractivity contribution in [1.82, 2.24) is 0 Å². The number of hydrogen-bond donors (Lipinski definition) is 0. The minimum atomic E-state index is -2.94. The van der Waals surface area contributed by atoms with E-state index >= 15 is 0 Å². The molecule has 26 heavy (non-hydrogen) atoms. The van der Waals surface area contributed by atoms with Crippen LogP contribution in [0.4, 0.5) is 0 Å². The van der Waals surface area contributed by atoms with Gasteiger partial charge in [-0.05, 0) is 10.6 Å². The molecule has 0 aliphatic heterocycles. The zero-order valence-corrected chi connectivity index (χ0v) is 15.5. The van der Waals surface area contributed by atoms with Crippen molar-refractivity contribution >= 4 is 46.6 Å². The molecule has 0 fully saturated rings. The highest BCUT2D eigenvalue weighted by Crippen LogP contribution is 2.48. The van der Waals surface area contributed by atoms with Gasteiger partial charge < -0.3 is 0 Å². The molecule has 3 rings (SSSR count). The van der Waals surface area contributed by atoms with Crippen molar-refractivity contribution in [2.75, 3.05) is 0 Å². The van der Waals surface area contributed by atoms with Gasteiger partial charge in [0.15, 0.2) is 12.6 Å². The van der Waals surface area contributed by atoms with Gasteiger partial charge in [0.2, 0.25) is 5.52 Å². The summed E-state index contributed by atoms with van der Waals surface area (Å²) in [6.45, 7) is 0. The molecule has 0 atom stereocenters. The summed E-state index contributed by atoms with van der Waals surface area (Å²) in [5.74, 6) is 0. The van der Waals surface area contributed by atoms with Crippen molar-refractivity contribution in [3.05, 3.63) is 95.6 Å². The van der Waals surface area contributed by atoms with E-state index in [0.717, 1.165) is 10.6 Å². The zero-order chi connectivity index (χ0) is 18.6.